The van der Waals surface area contributed by atoms with E-state index in [1.165, 1.54) is 20.8 Å². The van der Waals surface area contributed by atoms with E-state index < -0.39 is 42.0 Å². The molecule has 0 saturated heterocycles. The second-order valence-corrected chi connectivity index (χ2v) is 6.00. The Morgan fingerprint density at radius 1 is 1.23 bits per heavy atom. The topological polar surface area (TPSA) is 75.7 Å². The molecule has 0 rings (SSSR count). The van der Waals surface area contributed by atoms with Crippen LogP contribution in [0.4, 0.5) is 13.2 Å². The zero-order chi connectivity index (χ0) is 17.7. The minimum absolute atomic E-state index is 0.0395. The molecule has 6 nitrogen and oxygen atoms in total. The maximum absolute atomic E-state index is 12.6. The van der Waals surface area contributed by atoms with Crippen molar-refractivity contribution < 1.29 is 32.4 Å². The van der Waals surface area contributed by atoms with E-state index in [0.717, 1.165) is 0 Å². The number of halogens is 3. The molecular formula is C13H21F3N2O4. The molecule has 0 aromatic rings. The Bertz CT molecular complexity index is 416. The number of hydrogen-bond donors (Lipinski definition) is 1. The minimum atomic E-state index is -4.75. The number of nitrogens with one attached hydrogen (secondary N) is 1. The first-order chi connectivity index (χ1) is 9.76. The molecule has 0 aromatic carbocycles. The van der Waals surface area contributed by atoms with Gasteiger partial charge in [0, 0.05) is 6.04 Å². The molecule has 2 amide bonds. The van der Waals surface area contributed by atoms with Crippen LogP contribution < -0.4 is 5.32 Å². The number of carbonyl (C=O) groups is 3. The van der Waals surface area contributed by atoms with Gasteiger partial charge in [0.05, 0.1) is 12.0 Å². The van der Waals surface area contributed by atoms with Crippen molar-refractivity contribution >= 4 is 18.1 Å². The summed E-state index contributed by atoms with van der Waals surface area (Å²) in [5.41, 5.74) is -1.01. The van der Waals surface area contributed by atoms with Gasteiger partial charge in [-0.1, -0.05) is 0 Å². The fourth-order valence-corrected chi connectivity index (χ4v) is 1.48. The number of carbonyl (C=O) groups excluding carboxylic acids is 3. The number of rotatable bonds is 7. The summed E-state index contributed by atoms with van der Waals surface area (Å²) in [5.74, 6) is -2.59. The normalized spacial score (nSPS) is 13.7. The summed E-state index contributed by atoms with van der Waals surface area (Å²) in [4.78, 5) is 39.6. The molecule has 22 heavy (non-hydrogen) atoms. The van der Waals surface area contributed by atoms with Crippen molar-refractivity contribution in [2.75, 3.05) is 0 Å². The van der Waals surface area contributed by atoms with Crippen molar-refractivity contribution in [3.8, 4) is 0 Å². The second-order valence-electron chi connectivity index (χ2n) is 6.00. The summed E-state index contributed by atoms with van der Waals surface area (Å²) >= 11 is 0. The van der Waals surface area contributed by atoms with E-state index in [1.807, 2.05) is 0 Å². The number of nitrogens with zero attached hydrogens (tertiary/aromatic N) is 1. The van der Waals surface area contributed by atoms with Crippen LogP contribution in [0.5, 0.6) is 0 Å². The van der Waals surface area contributed by atoms with Crippen LogP contribution in [-0.2, 0) is 19.2 Å². The largest absolute Gasteiger partial charge is 0.391 e. The molecule has 0 spiro atoms. The molecular weight excluding hydrogens is 305 g/mol. The van der Waals surface area contributed by atoms with Gasteiger partial charge in [0.2, 0.25) is 12.2 Å². The third-order valence-corrected chi connectivity index (χ3v) is 2.16. The maximum Gasteiger partial charge on any atom is 0.391 e. The summed E-state index contributed by atoms with van der Waals surface area (Å²) < 4.78 is 37.9. The van der Waals surface area contributed by atoms with Crippen molar-refractivity contribution in [1.29, 1.82) is 0 Å². The molecule has 0 aliphatic carbocycles. The molecule has 0 aliphatic rings. The lowest BCUT2D eigenvalue weighted by atomic mass is 10.1. The van der Waals surface area contributed by atoms with Crippen LogP contribution in [0.1, 0.15) is 41.0 Å². The SMILES string of the molecule is CC(C)NC(=O)C(=O)[C@H](CC(F)(F)F)N(C=O)OC(C)(C)C. The second kappa shape index (κ2) is 7.57. The summed E-state index contributed by atoms with van der Waals surface area (Å²) in [6.07, 6.45) is -6.46. The molecule has 128 valence electrons. The summed E-state index contributed by atoms with van der Waals surface area (Å²) in [5, 5.41) is 2.44. The molecule has 0 radical (unpaired) electrons. The highest BCUT2D eigenvalue weighted by Gasteiger charge is 2.42. The van der Waals surface area contributed by atoms with E-state index in [4.69, 9.17) is 4.84 Å². The van der Waals surface area contributed by atoms with E-state index in [9.17, 15) is 27.6 Å². The standard InChI is InChI=1S/C13H21F3N2O4/c1-8(2)17-11(21)10(20)9(6-13(14,15)16)18(7-19)22-12(3,4)5/h7-9H,6H2,1-5H3,(H,17,21)/t9-/m0/s1. The fourth-order valence-electron chi connectivity index (χ4n) is 1.48. The number of alkyl halides is 3. The van der Waals surface area contributed by atoms with Crippen LogP contribution in [0.3, 0.4) is 0 Å². The maximum atomic E-state index is 12.6. The van der Waals surface area contributed by atoms with E-state index in [0.29, 0.717) is 0 Å². The number of amides is 2. The molecule has 1 N–H and O–H groups in total. The van der Waals surface area contributed by atoms with Gasteiger partial charge in [0.1, 0.15) is 6.04 Å². The Morgan fingerprint density at radius 3 is 2.05 bits per heavy atom. The quantitative estimate of drug-likeness (QED) is 0.438. The zero-order valence-corrected chi connectivity index (χ0v) is 13.2. The van der Waals surface area contributed by atoms with E-state index in [2.05, 4.69) is 5.32 Å². The monoisotopic (exact) mass is 326 g/mol. The number of hydroxylamine groups is 2. The van der Waals surface area contributed by atoms with Gasteiger partial charge in [0.25, 0.3) is 5.91 Å². The van der Waals surface area contributed by atoms with Crippen molar-refractivity contribution in [1.82, 2.24) is 10.4 Å². The molecule has 0 saturated carbocycles. The molecule has 0 bridgehead atoms. The van der Waals surface area contributed by atoms with Gasteiger partial charge in [-0.25, -0.2) is 5.06 Å². The van der Waals surface area contributed by atoms with Gasteiger partial charge in [-0.05, 0) is 34.6 Å². The van der Waals surface area contributed by atoms with Crippen LogP contribution in [0, 0.1) is 0 Å². The molecule has 0 unspecified atom stereocenters. The van der Waals surface area contributed by atoms with Crippen LogP contribution in [0.15, 0.2) is 0 Å². The van der Waals surface area contributed by atoms with Gasteiger partial charge in [-0.3, -0.25) is 19.2 Å². The summed E-state index contributed by atoms with van der Waals surface area (Å²) in [6.45, 7) is 7.58. The Kier molecular flexibility index (Phi) is 7.01. The van der Waals surface area contributed by atoms with Gasteiger partial charge in [-0.15, -0.1) is 0 Å². The van der Waals surface area contributed by atoms with Crippen LogP contribution in [-0.4, -0.2) is 47.0 Å². The zero-order valence-electron chi connectivity index (χ0n) is 13.2. The Balaban J connectivity index is 5.38. The predicted molar refractivity (Wildman–Crippen MR) is 71.5 cm³/mol. The fraction of sp³-hybridized carbons (Fsp3) is 0.769. The number of ketones is 1. The van der Waals surface area contributed by atoms with E-state index in [1.54, 1.807) is 13.8 Å². The number of hydrogen-bond acceptors (Lipinski definition) is 4. The lowest BCUT2D eigenvalue weighted by molar-refractivity contribution is -0.244. The smallest absolute Gasteiger partial charge is 0.347 e. The van der Waals surface area contributed by atoms with Crippen molar-refractivity contribution in [2.45, 2.75) is 64.9 Å². The first-order valence-corrected chi connectivity index (χ1v) is 6.61. The highest BCUT2D eigenvalue weighted by Crippen LogP contribution is 2.25. The van der Waals surface area contributed by atoms with Crippen molar-refractivity contribution in [3.63, 3.8) is 0 Å². The van der Waals surface area contributed by atoms with Crippen molar-refractivity contribution in [2.24, 2.45) is 0 Å². The molecule has 0 aromatic heterocycles. The predicted octanol–water partition coefficient (Wildman–Crippen LogP) is 1.59. The third kappa shape index (κ3) is 7.96. The van der Waals surface area contributed by atoms with Gasteiger partial charge in [0.15, 0.2) is 0 Å². The van der Waals surface area contributed by atoms with Crippen molar-refractivity contribution in [3.05, 3.63) is 0 Å². The van der Waals surface area contributed by atoms with Gasteiger partial charge in [-0.2, -0.15) is 13.2 Å². The average Bonchev–Trinajstić information content (AvgIpc) is 2.29. The van der Waals surface area contributed by atoms with Crippen LogP contribution >= 0.6 is 0 Å². The first-order valence-electron chi connectivity index (χ1n) is 6.61. The Morgan fingerprint density at radius 2 is 1.73 bits per heavy atom. The van der Waals surface area contributed by atoms with E-state index in [-0.39, 0.29) is 11.5 Å². The average molecular weight is 326 g/mol. The number of Topliss-reactive ketones (excluding diaryl/α,β-unsaturated/α-hetero) is 1. The molecule has 0 fully saturated rings. The minimum Gasteiger partial charge on any atom is -0.347 e. The molecule has 9 heteroatoms. The first kappa shape index (κ1) is 20.4. The lowest BCUT2D eigenvalue weighted by Gasteiger charge is -2.32. The van der Waals surface area contributed by atoms with Gasteiger partial charge >= 0.3 is 6.18 Å². The summed E-state index contributed by atoms with van der Waals surface area (Å²) in [6, 6.07) is -2.51. The Hall–Kier alpha value is -1.64. The molecule has 0 heterocycles. The highest BCUT2D eigenvalue weighted by molar-refractivity contribution is 6.38. The summed E-state index contributed by atoms with van der Waals surface area (Å²) in [7, 11) is 0. The van der Waals surface area contributed by atoms with Crippen LogP contribution in [0.2, 0.25) is 0 Å². The third-order valence-electron chi connectivity index (χ3n) is 2.16. The van der Waals surface area contributed by atoms with Crippen LogP contribution in [0.25, 0.3) is 0 Å². The highest BCUT2D eigenvalue weighted by atomic mass is 19.4. The van der Waals surface area contributed by atoms with E-state index >= 15 is 0 Å². The molecule has 1 atom stereocenters. The lowest BCUT2D eigenvalue weighted by Crippen LogP contribution is -2.51. The van der Waals surface area contributed by atoms with Gasteiger partial charge < -0.3 is 5.32 Å². The Labute approximate surface area is 126 Å². The molecule has 0 aliphatic heterocycles.